The predicted octanol–water partition coefficient (Wildman–Crippen LogP) is 3.97. The molecule has 216 valence electrons. The van der Waals surface area contributed by atoms with Crippen LogP contribution in [0.3, 0.4) is 0 Å². The highest BCUT2D eigenvalue weighted by Crippen LogP contribution is 2.38. The van der Waals surface area contributed by atoms with Gasteiger partial charge in [-0.15, -0.1) is 0 Å². The van der Waals surface area contributed by atoms with Gasteiger partial charge in [-0.25, -0.2) is 14.2 Å². The number of aryl methyl sites for hydroxylation is 1. The highest BCUT2D eigenvalue weighted by atomic mass is 19.1. The van der Waals surface area contributed by atoms with E-state index in [0.29, 0.717) is 68.0 Å². The summed E-state index contributed by atoms with van der Waals surface area (Å²) in [5, 5.41) is 18.8. The Balaban J connectivity index is 1.28. The first-order valence-corrected chi connectivity index (χ1v) is 13.8. The Bertz CT molecular complexity index is 1660. The largest absolute Gasteiger partial charge is 0.444 e. The summed E-state index contributed by atoms with van der Waals surface area (Å²) in [5.41, 5.74) is 1.51. The van der Waals surface area contributed by atoms with E-state index in [9.17, 15) is 19.1 Å². The van der Waals surface area contributed by atoms with Crippen LogP contribution in [0.2, 0.25) is 0 Å². The van der Waals surface area contributed by atoms with Crippen LogP contribution in [0.4, 0.5) is 20.6 Å². The van der Waals surface area contributed by atoms with E-state index in [4.69, 9.17) is 9.84 Å². The first-order chi connectivity index (χ1) is 19.4. The molecule has 2 N–H and O–H groups in total. The zero-order valence-corrected chi connectivity index (χ0v) is 23.6. The first-order valence-electron chi connectivity index (χ1n) is 13.8. The number of carbonyl (C=O) groups is 2. The van der Waals surface area contributed by atoms with Gasteiger partial charge in [-0.1, -0.05) is 0 Å². The number of aromatic nitrogens is 4. The Labute approximate surface area is 236 Å². The van der Waals surface area contributed by atoms with Crippen LogP contribution in [0.1, 0.15) is 49.7 Å². The van der Waals surface area contributed by atoms with Gasteiger partial charge in [-0.2, -0.15) is 5.10 Å². The van der Waals surface area contributed by atoms with E-state index in [1.165, 1.54) is 6.07 Å². The minimum absolute atomic E-state index is 0.191. The molecule has 11 nitrogen and oxygen atoms in total. The molecule has 2 aliphatic rings. The summed E-state index contributed by atoms with van der Waals surface area (Å²) < 4.78 is 23.4. The Kier molecular flexibility index (Phi) is 6.40. The lowest BCUT2D eigenvalue weighted by atomic mass is 10.1. The number of hydrogen-bond acceptors (Lipinski definition) is 7. The van der Waals surface area contributed by atoms with E-state index in [0.717, 1.165) is 11.1 Å². The molecule has 0 bridgehead atoms. The molecule has 12 heteroatoms. The van der Waals surface area contributed by atoms with Gasteiger partial charge in [0.2, 0.25) is 0 Å². The lowest BCUT2D eigenvalue weighted by Gasteiger charge is -2.37. The minimum Gasteiger partial charge on any atom is -0.444 e. The molecule has 4 aromatic rings. The van der Waals surface area contributed by atoms with Crippen LogP contribution in [-0.2, 0) is 11.3 Å². The van der Waals surface area contributed by atoms with Gasteiger partial charge in [0, 0.05) is 61.9 Å². The maximum atomic E-state index is 14.6. The number of ether oxygens (including phenoxy) is 1. The number of nitrogens with one attached hydrogen (secondary N) is 1. The van der Waals surface area contributed by atoms with E-state index >= 15 is 0 Å². The molecule has 0 atom stereocenters. The standard InChI is InChI=1S/C29H34FN7O4/c1-18-14-36-15-19(13-22(30)25(36)31-18)32-26(38)20-5-6-23(21-16-37(33-24(20)21)17-29(40)7-8-29)34-9-11-35(12-10-34)27(39)41-28(2,3)4/h5-6,13-16,40H,7-12,17H2,1-4H3,(H,32,38). The van der Waals surface area contributed by atoms with Crippen LogP contribution in [0.5, 0.6) is 0 Å². The summed E-state index contributed by atoms with van der Waals surface area (Å²) in [6, 6.07) is 4.84. The second-order valence-electron chi connectivity index (χ2n) is 12.0. The van der Waals surface area contributed by atoms with Crippen molar-refractivity contribution in [3.63, 3.8) is 0 Å². The number of amides is 2. The zero-order valence-electron chi connectivity index (χ0n) is 23.6. The van der Waals surface area contributed by atoms with E-state index in [1.807, 2.05) is 33.0 Å². The van der Waals surface area contributed by atoms with Crippen molar-refractivity contribution in [3.05, 3.63) is 53.9 Å². The Morgan fingerprint density at radius 1 is 1.12 bits per heavy atom. The molecule has 1 aliphatic heterocycles. The van der Waals surface area contributed by atoms with Gasteiger partial charge in [0.1, 0.15) is 11.1 Å². The minimum atomic E-state index is -0.778. The summed E-state index contributed by atoms with van der Waals surface area (Å²) in [4.78, 5) is 34.0. The van der Waals surface area contributed by atoms with Crippen molar-refractivity contribution in [1.29, 1.82) is 0 Å². The van der Waals surface area contributed by atoms with Crippen LogP contribution in [0, 0.1) is 12.7 Å². The second-order valence-corrected chi connectivity index (χ2v) is 12.0. The molecule has 1 aliphatic carbocycles. The molecule has 2 fully saturated rings. The van der Waals surface area contributed by atoms with Gasteiger partial charge in [0.25, 0.3) is 5.91 Å². The van der Waals surface area contributed by atoms with Crippen molar-refractivity contribution < 1.29 is 23.8 Å². The number of pyridine rings is 1. The number of hydrogen-bond donors (Lipinski definition) is 2. The number of piperazine rings is 1. The summed E-state index contributed by atoms with van der Waals surface area (Å²) >= 11 is 0. The molecular weight excluding hydrogens is 529 g/mol. The van der Waals surface area contributed by atoms with Crippen molar-refractivity contribution in [3.8, 4) is 0 Å². The smallest absolute Gasteiger partial charge is 0.410 e. The topological polar surface area (TPSA) is 117 Å². The second kappa shape index (κ2) is 9.72. The molecule has 2 amide bonds. The Morgan fingerprint density at radius 3 is 2.54 bits per heavy atom. The SMILES string of the molecule is Cc1cn2cc(NC(=O)c3ccc(N4CCN(C(=O)OC(C)(C)C)CC4)c4cn(CC5(O)CC5)nc34)cc(F)c2n1. The number of benzene rings is 1. The fourth-order valence-electron chi connectivity index (χ4n) is 5.19. The van der Waals surface area contributed by atoms with Crippen molar-refractivity contribution in [2.24, 2.45) is 0 Å². The number of anilines is 2. The highest BCUT2D eigenvalue weighted by molar-refractivity contribution is 6.14. The summed E-state index contributed by atoms with van der Waals surface area (Å²) in [5.74, 6) is -0.967. The lowest BCUT2D eigenvalue weighted by molar-refractivity contribution is 0.0240. The molecule has 6 rings (SSSR count). The van der Waals surface area contributed by atoms with Crippen molar-refractivity contribution in [2.45, 2.75) is 58.3 Å². The van der Waals surface area contributed by atoms with Gasteiger partial charge in [-0.3, -0.25) is 9.48 Å². The average molecular weight is 564 g/mol. The fraction of sp³-hybridized carbons (Fsp3) is 0.448. The number of carbonyl (C=O) groups excluding carboxylic acids is 2. The first kappa shape index (κ1) is 27.0. The van der Waals surface area contributed by atoms with E-state index in [2.05, 4.69) is 15.2 Å². The molecule has 0 spiro atoms. The molecule has 0 radical (unpaired) electrons. The normalized spacial score (nSPS) is 16.8. The van der Waals surface area contributed by atoms with E-state index in [-0.39, 0.29) is 11.7 Å². The molecule has 4 heterocycles. The van der Waals surface area contributed by atoms with Gasteiger partial charge < -0.3 is 29.4 Å². The highest BCUT2D eigenvalue weighted by Gasteiger charge is 2.41. The molecule has 1 aromatic carbocycles. The number of fused-ring (bicyclic) bond motifs is 2. The van der Waals surface area contributed by atoms with Crippen LogP contribution >= 0.6 is 0 Å². The molecule has 3 aromatic heterocycles. The van der Waals surface area contributed by atoms with Crippen LogP contribution in [0.25, 0.3) is 16.6 Å². The van der Waals surface area contributed by atoms with E-state index < -0.39 is 22.9 Å². The molecule has 41 heavy (non-hydrogen) atoms. The fourth-order valence-corrected chi connectivity index (χ4v) is 5.19. The van der Waals surface area contributed by atoms with Crippen LogP contribution in [0.15, 0.2) is 36.8 Å². The Morgan fingerprint density at radius 2 is 1.85 bits per heavy atom. The summed E-state index contributed by atoms with van der Waals surface area (Å²) in [7, 11) is 0. The zero-order chi connectivity index (χ0) is 29.1. The molecule has 1 saturated heterocycles. The predicted molar refractivity (Wildman–Crippen MR) is 152 cm³/mol. The van der Waals surface area contributed by atoms with Gasteiger partial charge in [-0.05, 0) is 52.7 Å². The Hall–Kier alpha value is -4.19. The molecular formula is C29H34FN7O4. The van der Waals surface area contributed by atoms with Gasteiger partial charge >= 0.3 is 6.09 Å². The van der Waals surface area contributed by atoms with Crippen molar-refractivity contribution in [1.82, 2.24) is 24.1 Å². The van der Waals surface area contributed by atoms with Gasteiger partial charge in [0.15, 0.2) is 11.5 Å². The molecule has 0 unspecified atom stereocenters. The quantitative estimate of drug-likeness (QED) is 0.377. The van der Waals surface area contributed by atoms with Crippen LogP contribution in [-0.4, -0.2) is 78.6 Å². The average Bonchev–Trinajstić information content (AvgIpc) is 3.27. The maximum absolute atomic E-state index is 14.6. The number of rotatable bonds is 5. The monoisotopic (exact) mass is 563 g/mol. The summed E-state index contributed by atoms with van der Waals surface area (Å²) in [6.45, 7) is 9.79. The third-order valence-corrected chi connectivity index (χ3v) is 7.39. The maximum Gasteiger partial charge on any atom is 0.410 e. The third-order valence-electron chi connectivity index (χ3n) is 7.39. The van der Waals surface area contributed by atoms with Crippen LogP contribution < -0.4 is 10.2 Å². The number of nitrogens with zero attached hydrogens (tertiary/aromatic N) is 6. The van der Waals surface area contributed by atoms with Crippen molar-refractivity contribution in [2.75, 3.05) is 36.4 Å². The third kappa shape index (κ3) is 5.56. The molecule has 1 saturated carbocycles. The van der Waals surface area contributed by atoms with Crippen molar-refractivity contribution >= 4 is 39.9 Å². The van der Waals surface area contributed by atoms with Gasteiger partial charge in [0.05, 0.1) is 29.1 Å². The number of aliphatic hydroxyl groups is 1. The number of halogens is 1. The lowest BCUT2D eigenvalue weighted by Crippen LogP contribution is -2.50. The number of imidazole rings is 1. The van der Waals surface area contributed by atoms with E-state index in [1.54, 1.807) is 39.4 Å². The summed E-state index contributed by atoms with van der Waals surface area (Å²) in [6.07, 6.45) is 6.25.